The topological polar surface area (TPSA) is 48.2 Å². The van der Waals surface area contributed by atoms with Gasteiger partial charge >= 0.3 is 0 Å². The molecule has 2 rings (SSSR count). The second-order valence-electron chi connectivity index (χ2n) is 5.17. The zero-order valence-electron chi connectivity index (χ0n) is 11.5. The number of aromatic nitrogens is 2. The van der Waals surface area contributed by atoms with Gasteiger partial charge in [0.1, 0.15) is 0 Å². The van der Waals surface area contributed by atoms with E-state index in [1.54, 1.807) is 6.33 Å². The third kappa shape index (κ3) is 2.60. The molecule has 4 heteroatoms. The predicted octanol–water partition coefficient (Wildman–Crippen LogP) is 3.65. The van der Waals surface area contributed by atoms with Gasteiger partial charge < -0.3 is 15.1 Å². The molecule has 0 saturated heterocycles. The van der Waals surface area contributed by atoms with Gasteiger partial charge in [-0.3, -0.25) is 0 Å². The van der Waals surface area contributed by atoms with Gasteiger partial charge in [0.15, 0.2) is 6.33 Å². The quantitative estimate of drug-likeness (QED) is 0.671. The first-order valence-electron chi connectivity index (χ1n) is 6.32. The molecule has 0 unspecified atom stereocenters. The van der Waals surface area contributed by atoms with Crippen molar-refractivity contribution in [1.82, 2.24) is 9.55 Å². The molecule has 0 aliphatic rings. The lowest BCUT2D eigenvalue weighted by molar-refractivity contribution is 0.526. The van der Waals surface area contributed by atoms with Gasteiger partial charge in [-0.05, 0) is 24.5 Å². The average Bonchev–Trinajstić information content (AvgIpc) is 2.71. The lowest BCUT2D eigenvalue weighted by Gasteiger charge is -2.13. The van der Waals surface area contributed by atoms with Gasteiger partial charge in [0.05, 0.1) is 5.69 Å². The Kier molecular flexibility index (Phi) is 3.57. The first-order valence-corrected chi connectivity index (χ1v) is 6.32. The molecular formula is C15H18N4. The standard InChI is InChI=1S/C15H18N4/c1-10(2)8-19-9-18-15(17-4)14(19)12-6-5-11(3)7-13(12)16/h5-7,9-10H,8,16H2,1-3H3. The number of imidazole rings is 1. The third-order valence-electron chi connectivity index (χ3n) is 2.95. The molecule has 0 spiro atoms. The molecule has 0 fully saturated rings. The first-order chi connectivity index (χ1) is 9.02. The van der Waals surface area contributed by atoms with Crippen molar-refractivity contribution in [1.29, 1.82) is 0 Å². The Hall–Kier alpha value is -2.28. The maximum Gasteiger partial charge on any atom is 0.295 e. The van der Waals surface area contributed by atoms with Crippen molar-refractivity contribution in [2.75, 3.05) is 5.73 Å². The highest BCUT2D eigenvalue weighted by Gasteiger charge is 2.16. The van der Waals surface area contributed by atoms with Crippen LogP contribution in [0, 0.1) is 19.4 Å². The maximum atomic E-state index is 7.25. The molecule has 0 aliphatic heterocycles. The van der Waals surface area contributed by atoms with Crippen molar-refractivity contribution in [2.24, 2.45) is 5.92 Å². The van der Waals surface area contributed by atoms with Crippen molar-refractivity contribution in [3.05, 3.63) is 41.5 Å². The van der Waals surface area contributed by atoms with E-state index in [2.05, 4.69) is 23.7 Å². The predicted molar refractivity (Wildman–Crippen MR) is 77.9 cm³/mol. The summed E-state index contributed by atoms with van der Waals surface area (Å²) < 4.78 is 2.01. The van der Waals surface area contributed by atoms with E-state index >= 15 is 0 Å². The summed E-state index contributed by atoms with van der Waals surface area (Å²) in [7, 11) is 0. The fraction of sp³-hybridized carbons (Fsp3) is 0.333. The summed E-state index contributed by atoms with van der Waals surface area (Å²) in [5.41, 5.74) is 9.60. The number of hydrogen-bond acceptors (Lipinski definition) is 2. The van der Waals surface area contributed by atoms with Gasteiger partial charge in [-0.2, -0.15) is 0 Å². The molecule has 0 amide bonds. The molecule has 1 aromatic heterocycles. The molecule has 1 aromatic carbocycles. The van der Waals surface area contributed by atoms with Crippen molar-refractivity contribution >= 4 is 11.5 Å². The van der Waals surface area contributed by atoms with Crippen LogP contribution in [0.25, 0.3) is 16.1 Å². The van der Waals surface area contributed by atoms with E-state index in [4.69, 9.17) is 12.3 Å². The molecule has 2 N–H and O–H groups in total. The summed E-state index contributed by atoms with van der Waals surface area (Å²) in [5, 5.41) is 0. The lowest BCUT2D eigenvalue weighted by Crippen LogP contribution is -2.05. The number of aryl methyl sites for hydroxylation is 1. The first kappa shape index (κ1) is 13.2. The molecule has 1 heterocycles. The van der Waals surface area contributed by atoms with E-state index in [-0.39, 0.29) is 0 Å². The zero-order valence-corrected chi connectivity index (χ0v) is 11.5. The molecule has 0 radical (unpaired) electrons. The van der Waals surface area contributed by atoms with Gasteiger partial charge in [0.2, 0.25) is 0 Å². The number of hydrogen-bond donors (Lipinski definition) is 1. The normalized spacial score (nSPS) is 10.7. The Bertz CT molecular complexity index is 632. The number of nitrogen functional groups attached to an aromatic ring is 1. The highest BCUT2D eigenvalue weighted by Crippen LogP contribution is 2.34. The fourth-order valence-corrected chi connectivity index (χ4v) is 2.16. The van der Waals surface area contributed by atoms with Crippen molar-refractivity contribution < 1.29 is 0 Å². The second-order valence-corrected chi connectivity index (χ2v) is 5.17. The highest BCUT2D eigenvalue weighted by atomic mass is 15.1. The van der Waals surface area contributed by atoms with Gasteiger partial charge in [-0.25, -0.2) is 0 Å². The van der Waals surface area contributed by atoms with Gasteiger partial charge in [0, 0.05) is 17.8 Å². The Morgan fingerprint density at radius 1 is 1.42 bits per heavy atom. The molecule has 19 heavy (non-hydrogen) atoms. The summed E-state index contributed by atoms with van der Waals surface area (Å²) in [6.07, 6.45) is 1.72. The average molecular weight is 254 g/mol. The monoisotopic (exact) mass is 254 g/mol. The SMILES string of the molecule is [C-]#[N+]c1ncn(CC(C)C)c1-c1ccc(C)cc1N. The van der Waals surface area contributed by atoms with Crippen LogP contribution in [0.2, 0.25) is 0 Å². The second kappa shape index (κ2) is 5.15. The van der Waals surface area contributed by atoms with Crippen LogP contribution in [-0.2, 0) is 6.54 Å². The summed E-state index contributed by atoms with van der Waals surface area (Å²) in [5.74, 6) is 0.898. The van der Waals surface area contributed by atoms with Crippen LogP contribution in [0.3, 0.4) is 0 Å². The minimum Gasteiger partial charge on any atom is -0.398 e. The van der Waals surface area contributed by atoms with Crippen LogP contribution in [0.5, 0.6) is 0 Å². The van der Waals surface area contributed by atoms with E-state index < -0.39 is 0 Å². The van der Waals surface area contributed by atoms with Gasteiger partial charge in [-0.15, -0.1) is 4.98 Å². The van der Waals surface area contributed by atoms with Crippen LogP contribution in [0.15, 0.2) is 24.5 Å². The van der Waals surface area contributed by atoms with E-state index in [0.29, 0.717) is 17.4 Å². The van der Waals surface area contributed by atoms with Crippen molar-refractivity contribution in [3.8, 4) is 11.3 Å². The van der Waals surface area contributed by atoms with Crippen LogP contribution in [0.1, 0.15) is 19.4 Å². The summed E-state index contributed by atoms with van der Waals surface area (Å²) in [4.78, 5) is 7.68. The number of rotatable bonds is 3. The molecular weight excluding hydrogens is 236 g/mol. The fourth-order valence-electron chi connectivity index (χ4n) is 2.16. The maximum absolute atomic E-state index is 7.25. The number of anilines is 1. The minimum atomic E-state index is 0.413. The molecule has 98 valence electrons. The Morgan fingerprint density at radius 3 is 2.74 bits per heavy atom. The van der Waals surface area contributed by atoms with E-state index in [0.717, 1.165) is 23.4 Å². The molecule has 4 nitrogen and oxygen atoms in total. The number of benzene rings is 1. The van der Waals surface area contributed by atoms with E-state index in [1.165, 1.54) is 0 Å². The Balaban J connectivity index is 2.59. The molecule has 0 aliphatic carbocycles. The van der Waals surface area contributed by atoms with Crippen LogP contribution < -0.4 is 5.73 Å². The number of nitrogens with two attached hydrogens (primary N) is 1. The Labute approximate surface area is 113 Å². The van der Waals surface area contributed by atoms with Crippen LogP contribution >= 0.6 is 0 Å². The summed E-state index contributed by atoms with van der Waals surface area (Å²) in [6.45, 7) is 14.4. The highest BCUT2D eigenvalue weighted by molar-refractivity contribution is 5.82. The zero-order chi connectivity index (χ0) is 14.0. The van der Waals surface area contributed by atoms with Crippen LogP contribution in [-0.4, -0.2) is 9.55 Å². The molecule has 0 atom stereocenters. The summed E-state index contributed by atoms with van der Waals surface area (Å²) in [6, 6.07) is 5.90. The number of nitrogens with zero attached hydrogens (tertiary/aromatic N) is 3. The van der Waals surface area contributed by atoms with Crippen molar-refractivity contribution in [3.63, 3.8) is 0 Å². The minimum absolute atomic E-state index is 0.413. The van der Waals surface area contributed by atoms with Gasteiger partial charge in [0.25, 0.3) is 5.82 Å². The Morgan fingerprint density at radius 2 is 2.16 bits per heavy atom. The lowest BCUT2D eigenvalue weighted by atomic mass is 10.1. The van der Waals surface area contributed by atoms with E-state index in [1.807, 2.05) is 29.7 Å². The molecule has 0 saturated carbocycles. The molecule has 2 aromatic rings. The molecule has 0 bridgehead atoms. The third-order valence-corrected chi connectivity index (χ3v) is 2.95. The largest absolute Gasteiger partial charge is 0.398 e. The smallest absolute Gasteiger partial charge is 0.295 e. The van der Waals surface area contributed by atoms with Crippen LogP contribution in [0.4, 0.5) is 11.5 Å². The summed E-state index contributed by atoms with van der Waals surface area (Å²) >= 11 is 0. The van der Waals surface area contributed by atoms with Gasteiger partial charge in [-0.1, -0.05) is 32.6 Å². The van der Waals surface area contributed by atoms with Crippen molar-refractivity contribution in [2.45, 2.75) is 27.3 Å². The van der Waals surface area contributed by atoms with E-state index in [9.17, 15) is 0 Å².